The first-order chi connectivity index (χ1) is 9.18. The van der Waals surface area contributed by atoms with Gasteiger partial charge in [0.25, 0.3) is 0 Å². The lowest BCUT2D eigenvalue weighted by Gasteiger charge is -2.37. The van der Waals surface area contributed by atoms with Crippen molar-refractivity contribution < 1.29 is 0 Å². The van der Waals surface area contributed by atoms with E-state index in [2.05, 4.69) is 60.3 Å². The molecule has 1 aromatic rings. The van der Waals surface area contributed by atoms with Crippen molar-refractivity contribution in [2.24, 2.45) is 5.92 Å². The molecule has 1 N–H and O–H groups in total. The van der Waals surface area contributed by atoms with Crippen molar-refractivity contribution in [2.45, 2.75) is 20.3 Å². The number of likely N-dealkylation sites (N-methyl/N-ethyl adjacent to an activating group) is 1. The highest BCUT2D eigenvalue weighted by molar-refractivity contribution is 5.73. The van der Waals surface area contributed by atoms with Crippen LogP contribution in [0.2, 0.25) is 0 Å². The molecule has 0 amide bonds. The number of hydrogen-bond donors (Lipinski definition) is 1. The second-order valence-corrected chi connectivity index (χ2v) is 5.83. The first-order valence-corrected chi connectivity index (χ1v) is 7.44. The third-order valence-corrected chi connectivity index (χ3v) is 3.80. The summed E-state index contributed by atoms with van der Waals surface area (Å²) in [5, 5.41) is 3.55. The van der Waals surface area contributed by atoms with E-state index in [-0.39, 0.29) is 0 Å². The van der Waals surface area contributed by atoms with Gasteiger partial charge in [-0.15, -0.1) is 0 Å². The third kappa shape index (κ3) is 3.87. The zero-order chi connectivity index (χ0) is 13.7. The molecular formula is C16H27N3. The minimum Gasteiger partial charge on any atom is -0.371 e. The Bertz CT molecular complexity index is 389. The molecule has 0 fully saturated rings. The van der Waals surface area contributed by atoms with Crippen LogP contribution in [0.25, 0.3) is 0 Å². The van der Waals surface area contributed by atoms with Gasteiger partial charge in [-0.3, -0.25) is 0 Å². The Morgan fingerprint density at radius 2 is 1.84 bits per heavy atom. The van der Waals surface area contributed by atoms with Crippen molar-refractivity contribution in [1.29, 1.82) is 0 Å². The second kappa shape index (κ2) is 6.80. The van der Waals surface area contributed by atoms with Crippen LogP contribution in [0.15, 0.2) is 24.3 Å². The molecule has 0 atom stereocenters. The summed E-state index contributed by atoms with van der Waals surface area (Å²) < 4.78 is 0. The van der Waals surface area contributed by atoms with Gasteiger partial charge in [0.05, 0.1) is 11.4 Å². The molecule has 0 saturated carbocycles. The predicted molar refractivity (Wildman–Crippen MR) is 84.2 cm³/mol. The highest BCUT2D eigenvalue weighted by Crippen LogP contribution is 2.31. The quantitative estimate of drug-likeness (QED) is 0.794. The van der Waals surface area contributed by atoms with E-state index in [0.717, 1.165) is 38.6 Å². The average Bonchev–Trinajstić information content (AvgIpc) is 2.41. The van der Waals surface area contributed by atoms with Gasteiger partial charge in [0.2, 0.25) is 0 Å². The Labute approximate surface area is 117 Å². The molecule has 19 heavy (non-hydrogen) atoms. The van der Waals surface area contributed by atoms with Gasteiger partial charge in [-0.25, -0.2) is 0 Å². The van der Waals surface area contributed by atoms with Crippen molar-refractivity contribution in [3.8, 4) is 0 Å². The predicted octanol–water partition coefficient (Wildman–Crippen LogP) is 2.58. The van der Waals surface area contributed by atoms with E-state index >= 15 is 0 Å². The summed E-state index contributed by atoms with van der Waals surface area (Å²) in [6.45, 7) is 10.1. The van der Waals surface area contributed by atoms with E-state index in [9.17, 15) is 0 Å². The van der Waals surface area contributed by atoms with E-state index in [0.29, 0.717) is 0 Å². The molecule has 0 radical (unpaired) electrons. The van der Waals surface area contributed by atoms with E-state index in [1.165, 1.54) is 17.8 Å². The largest absolute Gasteiger partial charge is 0.371 e. The van der Waals surface area contributed by atoms with Gasteiger partial charge in [-0.1, -0.05) is 26.0 Å². The van der Waals surface area contributed by atoms with Crippen molar-refractivity contribution in [3.05, 3.63) is 24.3 Å². The Kier molecular flexibility index (Phi) is 5.08. The monoisotopic (exact) mass is 261 g/mol. The maximum absolute atomic E-state index is 3.55. The Balaban J connectivity index is 1.83. The minimum absolute atomic E-state index is 0.789. The molecule has 106 valence electrons. The summed E-state index contributed by atoms with van der Waals surface area (Å²) in [6, 6.07) is 8.71. The number of fused-ring (bicyclic) bond motifs is 1. The molecular weight excluding hydrogens is 234 g/mol. The van der Waals surface area contributed by atoms with Crippen molar-refractivity contribution in [3.63, 3.8) is 0 Å². The number of rotatable bonds is 6. The van der Waals surface area contributed by atoms with Crippen LogP contribution in [0.1, 0.15) is 20.3 Å². The first-order valence-electron chi connectivity index (χ1n) is 7.44. The zero-order valence-corrected chi connectivity index (χ0v) is 12.5. The lowest BCUT2D eigenvalue weighted by Crippen LogP contribution is -2.42. The van der Waals surface area contributed by atoms with Gasteiger partial charge >= 0.3 is 0 Å². The number of benzene rings is 1. The third-order valence-electron chi connectivity index (χ3n) is 3.80. The van der Waals surface area contributed by atoms with Gasteiger partial charge in [-0.2, -0.15) is 0 Å². The summed E-state index contributed by atoms with van der Waals surface area (Å²) in [7, 11) is 2.18. The van der Waals surface area contributed by atoms with Gasteiger partial charge in [0, 0.05) is 33.2 Å². The molecule has 0 spiro atoms. The van der Waals surface area contributed by atoms with Crippen molar-refractivity contribution >= 4 is 11.4 Å². The fraction of sp³-hybridized carbons (Fsp3) is 0.625. The molecule has 0 aromatic heterocycles. The molecule has 0 unspecified atom stereocenters. The summed E-state index contributed by atoms with van der Waals surface area (Å²) in [6.07, 6.45) is 1.26. The van der Waals surface area contributed by atoms with Crippen LogP contribution in [0.5, 0.6) is 0 Å². The van der Waals surface area contributed by atoms with E-state index in [1.54, 1.807) is 0 Å². The maximum Gasteiger partial charge on any atom is 0.0605 e. The van der Waals surface area contributed by atoms with Gasteiger partial charge in [0.1, 0.15) is 0 Å². The van der Waals surface area contributed by atoms with Crippen LogP contribution in [0.3, 0.4) is 0 Å². The molecule has 1 heterocycles. The average molecular weight is 261 g/mol. The number of nitrogens with one attached hydrogen (secondary N) is 1. The fourth-order valence-corrected chi connectivity index (χ4v) is 2.53. The normalized spacial score (nSPS) is 14.9. The highest BCUT2D eigenvalue weighted by Gasteiger charge is 2.18. The standard InChI is InChI=1S/C16H27N3/c1-14(2)8-9-17-10-11-19-13-12-18(3)15-6-4-5-7-16(15)19/h4-7,14,17H,8-13H2,1-3H3. The smallest absolute Gasteiger partial charge is 0.0605 e. The SMILES string of the molecule is CC(C)CCNCCN1CCN(C)c2ccccc21. The number of para-hydroxylation sites is 2. The summed E-state index contributed by atoms with van der Waals surface area (Å²) in [5.74, 6) is 0.789. The molecule has 1 aliphatic heterocycles. The summed E-state index contributed by atoms with van der Waals surface area (Å²) >= 11 is 0. The Hall–Kier alpha value is -1.22. The van der Waals surface area contributed by atoms with Gasteiger partial charge in [-0.05, 0) is 31.0 Å². The topological polar surface area (TPSA) is 18.5 Å². The lowest BCUT2D eigenvalue weighted by atomic mass is 10.1. The molecule has 3 heteroatoms. The lowest BCUT2D eigenvalue weighted by molar-refractivity contribution is 0.536. The Morgan fingerprint density at radius 1 is 1.11 bits per heavy atom. The fourth-order valence-electron chi connectivity index (χ4n) is 2.53. The second-order valence-electron chi connectivity index (χ2n) is 5.83. The van der Waals surface area contributed by atoms with Gasteiger partial charge in [0.15, 0.2) is 0 Å². The first kappa shape index (κ1) is 14.2. The Morgan fingerprint density at radius 3 is 2.58 bits per heavy atom. The van der Waals surface area contributed by atoms with Crippen molar-refractivity contribution in [1.82, 2.24) is 5.32 Å². The number of nitrogens with zero attached hydrogens (tertiary/aromatic N) is 2. The van der Waals surface area contributed by atoms with E-state index < -0.39 is 0 Å². The van der Waals surface area contributed by atoms with Crippen LogP contribution >= 0.6 is 0 Å². The van der Waals surface area contributed by atoms with E-state index in [4.69, 9.17) is 0 Å². The highest BCUT2D eigenvalue weighted by atomic mass is 15.3. The molecule has 2 rings (SSSR count). The molecule has 3 nitrogen and oxygen atoms in total. The van der Waals surface area contributed by atoms with Crippen LogP contribution in [0, 0.1) is 5.92 Å². The molecule has 0 aliphatic carbocycles. The maximum atomic E-state index is 3.55. The minimum atomic E-state index is 0.789. The van der Waals surface area contributed by atoms with Crippen LogP contribution in [-0.4, -0.2) is 39.8 Å². The van der Waals surface area contributed by atoms with Crippen LogP contribution in [0.4, 0.5) is 11.4 Å². The summed E-state index contributed by atoms with van der Waals surface area (Å²) in [4.78, 5) is 4.84. The number of anilines is 2. The molecule has 1 aromatic carbocycles. The molecule has 1 aliphatic rings. The van der Waals surface area contributed by atoms with Crippen molar-refractivity contribution in [2.75, 3.05) is 49.6 Å². The van der Waals surface area contributed by atoms with Crippen LogP contribution < -0.4 is 15.1 Å². The van der Waals surface area contributed by atoms with E-state index in [1.807, 2.05) is 0 Å². The molecule has 0 bridgehead atoms. The summed E-state index contributed by atoms with van der Waals surface area (Å²) in [5.41, 5.74) is 2.73. The zero-order valence-electron chi connectivity index (χ0n) is 12.5. The molecule has 0 saturated heterocycles. The van der Waals surface area contributed by atoms with Crippen LogP contribution in [-0.2, 0) is 0 Å². The van der Waals surface area contributed by atoms with Gasteiger partial charge < -0.3 is 15.1 Å². The number of hydrogen-bond acceptors (Lipinski definition) is 3.